The number of halogens is 1. The third-order valence-electron chi connectivity index (χ3n) is 4.80. The maximum atomic E-state index is 13.4. The molecule has 1 aliphatic carbocycles. The monoisotopic (exact) mass is 389 g/mol. The first kappa shape index (κ1) is 17.5. The quantitative estimate of drug-likeness (QED) is 0.715. The highest BCUT2D eigenvalue weighted by molar-refractivity contribution is 7.18. The second-order valence-corrected chi connectivity index (χ2v) is 8.25. The van der Waals surface area contributed by atoms with Gasteiger partial charge in [0.1, 0.15) is 4.83 Å². The van der Waals surface area contributed by atoms with E-state index in [0.29, 0.717) is 29.1 Å². The van der Waals surface area contributed by atoms with Crippen LogP contribution in [0.25, 0.3) is 15.9 Å². The molecule has 136 valence electrons. The number of hydrogen-bond donors (Lipinski definition) is 2. The van der Waals surface area contributed by atoms with Crippen LogP contribution in [-0.2, 0) is 12.8 Å². The van der Waals surface area contributed by atoms with Gasteiger partial charge in [-0.3, -0.25) is 4.79 Å². The summed E-state index contributed by atoms with van der Waals surface area (Å²) in [6.07, 6.45) is 3.09. The molecule has 0 radical (unpaired) electrons. The van der Waals surface area contributed by atoms with Gasteiger partial charge in [0.25, 0.3) is 5.56 Å². The van der Waals surface area contributed by atoms with E-state index in [-0.39, 0.29) is 12.2 Å². The number of anilines is 1. The van der Waals surface area contributed by atoms with Crippen molar-refractivity contribution in [1.29, 1.82) is 0 Å². The maximum Gasteiger partial charge on any atom is 0.268 e. The molecule has 1 aliphatic rings. The molecule has 0 aliphatic heterocycles. The molecule has 4 rings (SSSR count). The Morgan fingerprint density at radius 2 is 2.15 bits per heavy atom. The number of benzene rings is 1. The lowest BCUT2D eigenvalue weighted by Gasteiger charge is -2.18. The van der Waals surface area contributed by atoms with Gasteiger partial charge in [0.05, 0.1) is 17.7 Å². The summed E-state index contributed by atoms with van der Waals surface area (Å²) in [7, 11) is 0. The summed E-state index contributed by atoms with van der Waals surface area (Å²) in [5.74, 6) is 1.03. The van der Waals surface area contributed by atoms with E-state index in [2.05, 4.69) is 12.2 Å². The molecule has 2 N–H and O–H groups in total. The minimum absolute atomic E-state index is 0.0347. The van der Waals surface area contributed by atoms with Crippen molar-refractivity contribution in [3.05, 3.63) is 50.1 Å². The smallest absolute Gasteiger partial charge is 0.268 e. The molecular formula is C19H20ClN3O2S. The standard InChI is InChI=1S/C19H20ClN3O2S/c1-11-2-7-15-14(10-11)16-17(26-15)22-19(21-8-9-24)23(18(16)25)13-5-3-12(20)4-6-13/h3-6,11,24H,2,7-10H2,1H3,(H,21,22)/t11-/m1/s1. The highest BCUT2D eigenvalue weighted by atomic mass is 35.5. The Hall–Kier alpha value is -1.89. The fourth-order valence-corrected chi connectivity index (χ4v) is 4.85. The van der Waals surface area contributed by atoms with Crippen molar-refractivity contribution < 1.29 is 5.11 Å². The molecule has 2 aromatic heterocycles. The number of aliphatic hydroxyl groups is 1. The number of hydrogen-bond acceptors (Lipinski definition) is 5. The van der Waals surface area contributed by atoms with Gasteiger partial charge in [-0.25, -0.2) is 9.55 Å². The van der Waals surface area contributed by atoms with Crippen LogP contribution in [0.3, 0.4) is 0 Å². The van der Waals surface area contributed by atoms with Crippen LogP contribution in [-0.4, -0.2) is 27.8 Å². The Labute approximate surface area is 160 Å². The van der Waals surface area contributed by atoms with Crippen LogP contribution >= 0.6 is 22.9 Å². The van der Waals surface area contributed by atoms with E-state index in [1.54, 1.807) is 28.0 Å². The lowest BCUT2D eigenvalue weighted by atomic mass is 9.89. The molecule has 26 heavy (non-hydrogen) atoms. The molecule has 0 unspecified atom stereocenters. The van der Waals surface area contributed by atoms with Crippen molar-refractivity contribution in [1.82, 2.24) is 9.55 Å². The van der Waals surface area contributed by atoms with E-state index in [0.717, 1.165) is 35.0 Å². The van der Waals surface area contributed by atoms with Gasteiger partial charge in [-0.15, -0.1) is 11.3 Å². The number of fused-ring (bicyclic) bond motifs is 3. The minimum Gasteiger partial charge on any atom is -0.395 e. The maximum absolute atomic E-state index is 13.4. The van der Waals surface area contributed by atoms with Crippen LogP contribution in [0.1, 0.15) is 23.8 Å². The Balaban J connectivity index is 1.97. The average Bonchev–Trinajstić information content (AvgIpc) is 2.99. The Morgan fingerprint density at radius 1 is 1.38 bits per heavy atom. The highest BCUT2D eigenvalue weighted by Gasteiger charge is 2.25. The molecule has 5 nitrogen and oxygen atoms in total. The number of aromatic nitrogens is 2. The van der Waals surface area contributed by atoms with E-state index >= 15 is 0 Å². The zero-order valence-electron chi connectivity index (χ0n) is 14.5. The number of rotatable bonds is 4. The van der Waals surface area contributed by atoms with Gasteiger partial charge in [-0.1, -0.05) is 18.5 Å². The molecule has 3 aromatic rings. The number of nitrogens with one attached hydrogen (secondary N) is 1. The number of aliphatic hydroxyl groups excluding tert-OH is 1. The normalized spacial score (nSPS) is 16.7. The third-order valence-corrected chi connectivity index (χ3v) is 6.24. The Kier molecular flexibility index (Phi) is 4.73. The summed E-state index contributed by atoms with van der Waals surface area (Å²) in [6, 6.07) is 7.13. The lowest BCUT2D eigenvalue weighted by Crippen LogP contribution is -2.25. The third kappa shape index (κ3) is 3.02. The van der Waals surface area contributed by atoms with Gasteiger partial charge < -0.3 is 10.4 Å². The summed E-state index contributed by atoms with van der Waals surface area (Å²) in [4.78, 5) is 20.2. The van der Waals surface area contributed by atoms with Gasteiger partial charge in [0.2, 0.25) is 5.95 Å². The molecule has 0 amide bonds. The van der Waals surface area contributed by atoms with E-state index in [9.17, 15) is 9.90 Å². The van der Waals surface area contributed by atoms with Gasteiger partial charge in [0.15, 0.2) is 0 Å². The molecule has 0 spiro atoms. The first-order chi connectivity index (χ1) is 12.6. The molecule has 0 fully saturated rings. The molecule has 0 saturated carbocycles. The van der Waals surface area contributed by atoms with Crippen LogP contribution in [0.15, 0.2) is 29.1 Å². The topological polar surface area (TPSA) is 67.2 Å². The fraction of sp³-hybridized carbons (Fsp3) is 0.368. The predicted molar refractivity (Wildman–Crippen MR) is 107 cm³/mol. The second kappa shape index (κ2) is 7.02. The molecule has 2 heterocycles. The summed E-state index contributed by atoms with van der Waals surface area (Å²) in [6.45, 7) is 2.52. The van der Waals surface area contributed by atoms with Crippen molar-refractivity contribution in [2.24, 2.45) is 5.92 Å². The Bertz CT molecular complexity index is 1010. The van der Waals surface area contributed by atoms with Gasteiger partial charge in [0, 0.05) is 16.4 Å². The predicted octanol–water partition coefficient (Wildman–Crippen LogP) is 3.63. The molecule has 0 saturated heterocycles. The summed E-state index contributed by atoms with van der Waals surface area (Å²) < 4.78 is 1.58. The van der Waals surface area contributed by atoms with Gasteiger partial charge in [-0.2, -0.15) is 0 Å². The van der Waals surface area contributed by atoms with E-state index in [1.165, 1.54) is 4.88 Å². The first-order valence-electron chi connectivity index (χ1n) is 8.76. The lowest BCUT2D eigenvalue weighted by molar-refractivity contribution is 0.310. The van der Waals surface area contributed by atoms with Crippen molar-refractivity contribution in [3.8, 4) is 5.69 Å². The minimum atomic E-state index is -0.0654. The van der Waals surface area contributed by atoms with E-state index in [1.807, 2.05) is 12.1 Å². The van der Waals surface area contributed by atoms with Crippen molar-refractivity contribution in [2.75, 3.05) is 18.5 Å². The largest absolute Gasteiger partial charge is 0.395 e. The van der Waals surface area contributed by atoms with Gasteiger partial charge >= 0.3 is 0 Å². The van der Waals surface area contributed by atoms with Crippen LogP contribution in [0.2, 0.25) is 5.02 Å². The molecule has 1 atom stereocenters. The number of nitrogens with zero attached hydrogens (tertiary/aromatic N) is 2. The van der Waals surface area contributed by atoms with Crippen LogP contribution in [0, 0.1) is 5.92 Å². The zero-order valence-corrected chi connectivity index (χ0v) is 16.0. The summed E-state index contributed by atoms with van der Waals surface area (Å²) >= 11 is 7.62. The van der Waals surface area contributed by atoms with Crippen LogP contribution < -0.4 is 10.9 Å². The summed E-state index contributed by atoms with van der Waals surface area (Å²) in [5.41, 5.74) is 1.81. The molecule has 1 aromatic carbocycles. The van der Waals surface area contributed by atoms with E-state index in [4.69, 9.17) is 16.6 Å². The SMILES string of the molecule is C[C@@H]1CCc2sc3nc(NCCO)n(-c4ccc(Cl)cc4)c(=O)c3c2C1. The second-order valence-electron chi connectivity index (χ2n) is 6.73. The van der Waals surface area contributed by atoms with Crippen molar-refractivity contribution in [3.63, 3.8) is 0 Å². The first-order valence-corrected chi connectivity index (χ1v) is 9.96. The highest BCUT2D eigenvalue weighted by Crippen LogP contribution is 2.36. The molecular weight excluding hydrogens is 370 g/mol. The van der Waals surface area contributed by atoms with Gasteiger partial charge in [-0.05, 0) is 55.0 Å². The average molecular weight is 390 g/mol. The van der Waals surface area contributed by atoms with Crippen LogP contribution in [0.4, 0.5) is 5.95 Å². The van der Waals surface area contributed by atoms with Crippen molar-refractivity contribution in [2.45, 2.75) is 26.2 Å². The fourth-order valence-electron chi connectivity index (χ4n) is 3.51. The molecule has 7 heteroatoms. The summed E-state index contributed by atoms with van der Waals surface area (Å²) in [5, 5.41) is 13.6. The zero-order chi connectivity index (χ0) is 18.3. The Morgan fingerprint density at radius 3 is 2.88 bits per heavy atom. The van der Waals surface area contributed by atoms with Crippen LogP contribution in [0.5, 0.6) is 0 Å². The van der Waals surface area contributed by atoms with E-state index < -0.39 is 0 Å². The number of aryl methyl sites for hydroxylation is 1. The molecule has 0 bridgehead atoms. The number of thiophene rings is 1. The van der Waals surface area contributed by atoms with Crippen molar-refractivity contribution >= 4 is 39.1 Å².